The summed E-state index contributed by atoms with van der Waals surface area (Å²) in [6.45, 7) is 11.3. The molecule has 0 heterocycles. The summed E-state index contributed by atoms with van der Waals surface area (Å²) in [5.74, 6) is 0.515. The van der Waals surface area contributed by atoms with E-state index in [1.807, 2.05) is 72.7 Å². The molecule has 1 amide bonds. The molecule has 1 aromatic rings. The van der Waals surface area contributed by atoms with Crippen molar-refractivity contribution >= 4 is 29.5 Å². The van der Waals surface area contributed by atoms with Crippen molar-refractivity contribution in [1.29, 1.82) is 0 Å². The fourth-order valence-electron chi connectivity index (χ4n) is 2.97. The van der Waals surface area contributed by atoms with E-state index in [1.54, 1.807) is 7.05 Å². The summed E-state index contributed by atoms with van der Waals surface area (Å²) in [5, 5.41) is 0. The van der Waals surface area contributed by atoms with Gasteiger partial charge < -0.3 is 9.64 Å². The first-order chi connectivity index (χ1) is 11.4. The Morgan fingerprint density at radius 1 is 1.08 bits per heavy atom. The Kier molecular flexibility index (Phi) is 6.94. The molecule has 25 heavy (non-hydrogen) atoms. The predicted molar refractivity (Wildman–Crippen MR) is 106 cm³/mol. The second-order valence-electron chi connectivity index (χ2n) is 7.29. The van der Waals surface area contributed by atoms with Crippen LogP contribution in [0, 0.1) is 19.8 Å². The zero-order valence-electron chi connectivity index (χ0n) is 16.8. The number of nitrogens with zero attached hydrogens (tertiary/aromatic N) is 2. The average molecular weight is 367 g/mol. The maximum Gasteiger partial charge on any atom is 0.425 e. The second kappa shape index (κ2) is 8.13. The van der Waals surface area contributed by atoms with E-state index >= 15 is 0 Å². The van der Waals surface area contributed by atoms with Crippen LogP contribution >= 0.6 is 11.9 Å². The smallest absolute Gasteiger partial charge is 0.410 e. The molecule has 0 saturated carbocycles. The molecule has 6 heteroatoms. The van der Waals surface area contributed by atoms with Crippen molar-refractivity contribution in [2.24, 2.45) is 5.92 Å². The van der Waals surface area contributed by atoms with Crippen LogP contribution in [0.25, 0.3) is 0 Å². The van der Waals surface area contributed by atoms with E-state index in [-0.39, 0.29) is 11.7 Å². The summed E-state index contributed by atoms with van der Waals surface area (Å²) in [5.41, 5.74) is 3.20. The minimum atomic E-state index is -0.692. The maximum atomic E-state index is 12.4. The lowest BCUT2D eigenvalue weighted by Gasteiger charge is -2.28. The van der Waals surface area contributed by atoms with Gasteiger partial charge in [-0.25, -0.2) is 4.79 Å². The molecule has 0 unspecified atom stereocenters. The van der Waals surface area contributed by atoms with Gasteiger partial charge in [-0.3, -0.25) is 9.10 Å². The van der Waals surface area contributed by atoms with Crippen molar-refractivity contribution in [3.63, 3.8) is 0 Å². The Morgan fingerprint density at radius 2 is 1.56 bits per heavy atom. The third kappa shape index (κ3) is 5.39. The molecule has 0 N–H and O–H groups in total. The molecule has 0 aromatic heterocycles. The van der Waals surface area contributed by atoms with Crippen molar-refractivity contribution in [2.45, 2.75) is 46.3 Å². The SMILES string of the molecule is Cc1cc(OC(=O)N(C)SC(C)(C)C(=O)C(C)C)cc(C)c1N(C)C. The Morgan fingerprint density at radius 3 is 1.96 bits per heavy atom. The summed E-state index contributed by atoms with van der Waals surface area (Å²) < 4.78 is 6.18. The molecule has 0 bridgehead atoms. The van der Waals surface area contributed by atoms with Crippen LogP contribution in [0.3, 0.4) is 0 Å². The van der Waals surface area contributed by atoms with Gasteiger partial charge in [0, 0.05) is 32.7 Å². The highest BCUT2D eigenvalue weighted by atomic mass is 32.2. The Labute approximate surface area is 155 Å². The largest absolute Gasteiger partial charge is 0.425 e. The fourth-order valence-corrected chi connectivity index (χ4v) is 4.09. The van der Waals surface area contributed by atoms with Crippen LogP contribution in [0.4, 0.5) is 10.5 Å². The lowest BCUT2D eigenvalue weighted by atomic mass is 9.98. The number of ether oxygens (including phenoxy) is 1. The van der Waals surface area contributed by atoms with E-state index < -0.39 is 10.8 Å². The van der Waals surface area contributed by atoms with Crippen molar-refractivity contribution in [3.05, 3.63) is 23.3 Å². The topological polar surface area (TPSA) is 49.9 Å². The summed E-state index contributed by atoms with van der Waals surface area (Å²) in [4.78, 5) is 26.7. The highest BCUT2D eigenvalue weighted by Gasteiger charge is 2.33. The molecule has 0 aliphatic rings. The van der Waals surface area contributed by atoms with Gasteiger partial charge in [0.2, 0.25) is 0 Å². The van der Waals surface area contributed by atoms with Gasteiger partial charge in [-0.1, -0.05) is 13.8 Å². The van der Waals surface area contributed by atoms with Crippen molar-refractivity contribution in [2.75, 3.05) is 26.0 Å². The number of benzene rings is 1. The Hall–Kier alpha value is -1.69. The quantitative estimate of drug-likeness (QED) is 0.696. The maximum absolute atomic E-state index is 12.4. The van der Waals surface area contributed by atoms with Gasteiger partial charge in [0.15, 0.2) is 5.78 Å². The number of aryl methyl sites for hydroxylation is 2. The number of rotatable bonds is 6. The van der Waals surface area contributed by atoms with Gasteiger partial charge in [0.25, 0.3) is 0 Å². The van der Waals surface area contributed by atoms with Crippen LogP contribution in [-0.2, 0) is 4.79 Å². The van der Waals surface area contributed by atoms with Crippen LogP contribution in [0.15, 0.2) is 12.1 Å². The first-order valence-electron chi connectivity index (χ1n) is 8.34. The first kappa shape index (κ1) is 21.4. The Bertz CT molecular complexity index is 631. The molecule has 0 spiro atoms. The highest BCUT2D eigenvalue weighted by molar-refractivity contribution is 7.99. The molecule has 0 fully saturated rings. The number of Topliss-reactive ketones (excluding diaryl/α,β-unsaturated/α-hetero) is 1. The minimum absolute atomic E-state index is 0.0872. The monoisotopic (exact) mass is 366 g/mol. The molecule has 0 atom stereocenters. The molecule has 0 aliphatic heterocycles. The molecule has 0 radical (unpaired) electrons. The van der Waals surface area contributed by atoms with E-state index in [0.29, 0.717) is 5.75 Å². The lowest BCUT2D eigenvalue weighted by Crippen LogP contribution is -2.37. The molecule has 0 aliphatic carbocycles. The minimum Gasteiger partial charge on any atom is -0.410 e. The molecule has 0 saturated heterocycles. The summed E-state index contributed by atoms with van der Waals surface area (Å²) >= 11 is 1.18. The van der Waals surface area contributed by atoms with Gasteiger partial charge in [0.05, 0.1) is 4.75 Å². The highest BCUT2D eigenvalue weighted by Crippen LogP contribution is 2.32. The molecule has 1 aromatic carbocycles. The fraction of sp³-hybridized carbons (Fsp3) is 0.579. The third-order valence-corrected chi connectivity index (χ3v) is 4.94. The Balaban J connectivity index is 2.87. The predicted octanol–water partition coefficient (Wildman–Crippen LogP) is 4.45. The van der Waals surface area contributed by atoms with Crippen LogP contribution in [0.1, 0.15) is 38.8 Å². The zero-order valence-corrected chi connectivity index (χ0v) is 17.6. The normalized spacial score (nSPS) is 11.4. The number of ketones is 1. The van der Waals surface area contributed by atoms with E-state index in [1.165, 1.54) is 16.3 Å². The second-order valence-corrected chi connectivity index (χ2v) is 9.04. The van der Waals surface area contributed by atoms with Gasteiger partial charge >= 0.3 is 6.09 Å². The average Bonchev–Trinajstić information content (AvgIpc) is 2.44. The zero-order chi connectivity index (χ0) is 19.5. The van der Waals surface area contributed by atoms with Crippen LogP contribution in [0.2, 0.25) is 0 Å². The molecular weight excluding hydrogens is 336 g/mol. The number of amides is 1. The first-order valence-corrected chi connectivity index (χ1v) is 9.11. The summed E-state index contributed by atoms with van der Waals surface area (Å²) in [6, 6.07) is 3.70. The van der Waals surface area contributed by atoms with Crippen molar-refractivity contribution in [1.82, 2.24) is 4.31 Å². The van der Waals surface area contributed by atoms with Crippen LogP contribution in [0.5, 0.6) is 5.75 Å². The van der Waals surface area contributed by atoms with E-state index in [9.17, 15) is 9.59 Å². The van der Waals surface area contributed by atoms with Gasteiger partial charge in [-0.15, -0.1) is 0 Å². The van der Waals surface area contributed by atoms with E-state index in [4.69, 9.17) is 4.74 Å². The lowest BCUT2D eigenvalue weighted by molar-refractivity contribution is -0.123. The number of carbonyl (C=O) groups is 2. The summed E-state index contributed by atoms with van der Waals surface area (Å²) in [6.07, 6.45) is -0.494. The number of hydrogen-bond acceptors (Lipinski definition) is 5. The van der Waals surface area contributed by atoms with Crippen LogP contribution < -0.4 is 9.64 Å². The third-order valence-electron chi connectivity index (χ3n) is 3.86. The molecular formula is C19H30N2O3S. The summed E-state index contributed by atoms with van der Waals surface area (Å²) in [7, 11) is 5.59. The molecule has 1 rings (SSSR count). The van der Waals surface area contributed by atoms with Crippen LogP contribution in [-0.4, -0.2) is 42.1 Å². The standard InChI is InChI=1S/C19H30N2O3S/c1-12(2)17(22)19(5,6)25-21(9)18(23)24-15-10-13(3)16(20(7)8)14(4)11-15/h10-12H,1-9H3. The molecule has 5 nitrogen and oxygen atoms in total. The van der Waals surface area contributed by atoms with Gasteiger partial charge in [-0.05, 0) is 62.9 Å². The van der Waals surface area contributed by atoms with Gasteiger partial charge in [0.1, 0.15) is 5.75 Å². The van der Waals surface area contributed by atoms with Crippen molar-refractivity contribution < 1.29 is 14.3 Å². The number of hydrogen-bond donors (Lipinski definition) is 0. The number of carbonyl (C=O) groups excluding carboxylic acids is 2. The van der Waals surface area contributed by atoms with E-state index in [2.05, 4.69) is 0 Å². The van der Waals surface area contributed by atoms with E-state index in [0.717, 1.165) is 16.8 Å². The molecule has 140 valence electrons. The number of anilines is 1. The van der Waals surface area contributed by atoms with Crippen molar-refractivity contribution in [3.8, 4) is 5.75 Å². The van der Waals surface area contributed by atoms with Gasteiger partial charge in [-0.2, -0.15) is 0 Å².